The van der Waals surface area contributed by atoms with E-state index >= 15 is 0 Å². The zero-order valence-corrected chi connectivity index (χ0v) is 16.7. The summed E-state index contributed by atoms with van der Waals surface area (Å²) in [6.07, 6.45) is 3.61. The number of nitrogens with one attached hydrogen (secondary N) is 2. The number of halogens is 3. The number of rotatable bonds is 6. The molecular formula is C21H25Cl2FN2O. The maximum Gasteiger partial charge on any atom is 0.220 e. The Labute approximate surface area is 171 Å². The number of benzene rings is 2. The summed E-state index contributed by atoms with van der Waals surface area (Å²) in [6, 6.07) is 13.3. The van der Waals surface area contributed by atoms with Crippen LogP contribution in [-0.4, -0.2) is 19.0 Å². The molecule has 27 heavy (non-hydrogen) atoms. The predicted octanol–water partition coefficient (Wildman–Crippen LogP) is 4.89. The third kappa shape index (κ3) is 6.49. The molecule has 146 valence electrons. The molecule has 2 aromatic rings. The molecule has 1 aliphatic rings. The van der Waals surface area contributed by atoms with Crippen LogP contribution in [-0.2, 0) is 4.79 Å². The minimum Gasteiger partial charge on any atom is -0.345 e. The first-order valence-corrected chi connectivity index (χ1v) is 9.50. The molecule has 1 saturated heterocycles. The highest BCUT2D eigenvalue weighted by atomic mass is 35.5. The van der Waals surface area contributed by atoms with Crippen molar-refractivity contribution < 1.29 is 9.18 Å². The first-order chi connectivity index (χ1) is 12.6. The smallest absolute Gasteiger partial charge is 0.220 e. The summed E-state index contributed by atoms with van der Waals surface area (Å²) in [5, 5.41) is 6.99. The van der Waals surface area contributed by atoms with Crippen LogP contribution in [0.1, 0.15) is 42.9 Å². The van der Waals surface area contributed by atoms with E-state index in [0.29, 0.717) is 22.9 Å². The van der Waals surface area contributed by atoms with Crippen molar-refractivity contribution in [2.75, 3.05) is 13.1 Å². The lowest BCUT2D eigenvalue weighted by molar-refractivity contribution is -0.121. The average molecular weight is 411 g/mol. The molecule has 1 amide bonds. The summed E-state index contributed by atoms with van der Waals surface area (Å²) >= 11 is 6.11. The van der Waals surface area contributed by atoms with Crippen molar-refractivity contribution in [3.63, 3.8) is 0 Å². The van der Waals surface area contributed by atoms with Crippen LogP contribution in [0, 0.1) is 11.7 Å². The van der Waals surface area contributed by atoms with E-state index in [0.717, 1.165) is 37.9 Å². The quantitative estimate of drug-likeness (QED) is 0.711. The summed E-state index contributed by atoms with van der Waals surface area (Å²) in [4.78, 5) is 12.6. The Morgan fingerprint density at radius 1 is 1.15 bits per heavy atom. The Hall–Kier alpha value is -1.62. The predicted molar refractivity (Wildman–Crippen MR) is 110 cm³/mol. The summed E-state index contributed by atoms with van der Waals surface area (Å²) in [5.41, 5.74) is 1.56. The number of amides is 1. The van der Waals surface area contributed by atoms with E-state index in [1.54, 1.807) is 12.1 Å². The molecule has 2 aromatic carbocycles. The fourth-order valence-electron chi connectivity index (χ4n) is 3.47. The molecule has 1 atom stereocenters. The maximum absolute atomic E-state index is 13.7. The van der Waals surface area contributed by atoms with Crippen molar-refractivity contribution in [1.29, 1.82) is 0 Å². The lowest BCUT2D eigenvalue weighted by Crippen LogP contribution is -2.31. The lowest BCUT2D eigenvalue weighted by Gasteiger charge is -2.23. The molecule has 0 bridgehead atoms. The van der Waals surface area contributed by atoms with Crippen molar-refractivity contribution in [3.05, 3.63) is 70.5 Å². The molecule has 2 N–H and O–H groups in total. The number of carbonyl (C=O) groups is 1. The van der Waals surface area contributed by atoms with E-state index < -0.39 is 6.04 Å². The van der Waals surface area contributed by atoms with Crippen LogP contribution >= 0.6 is 24.0 Å². The zero-order valence-electron chi connectivity index (χ0n) is 15.1. The molecule has 0 aliphatic carbocycles. The van der Waals surface area contributed by atoms with Gasteiger partial charge in [-0.2, -0.15) is 0 Å². The van der Waals surface area contributed by atoms with Crippen LogP contribution in [0.25, 0.3) is 0 Å². The molecule has 3 nitrogen and oxygen atoms in total. The van der Waals surface area contributed by atoms with Gasteiger partial charge < -0.3 is 10.6 Å². The normalized spacial score (nSPS) is 15.6. The van der Waals surface area contributed by atoms with E-state index in [4.69, 9.17) is 11.6 Å². The van der Waals surface area contributed by atoms with Crippen LogP contribution < -0.4 is 10.6 Å². The van der Waals surface area contributed by atoms with Crippen molar-refractivity contribution in [2.45, 2.75) is 31.7 Å². The van der Waals surface area contributed by atoms with Crippen molar-refractivity contribution in [3.8, 4) is 0 Å². The highest BCUT2D eigenvalue weighted by Crippen LogP contribution is 2.26. The highest BCUT2D eigenvalue weighted by molar-refractivity contribution is 6.30. The van der Waals surface area contributed by atoms with Gasteiger partial charge in [-0.3, -0.25) is 4.79 Å². The van der Waals surface area contributed by atoms with Gasteiger partial charge in [0.25, 0.3) is 0 Å². The van der Waals surface area contributed by atoms with Gasteiger partial charge in [-0.1, -0.05) is 35.9 Å². The number of piperidine rings is 1. The largest absolute Gasteiger partial charge is 0.345 e. The first kappa shape index (κ1) is 21.7. The molecule has 0 aromatic heterocycles. The fraction of sp³-hybridized carbons (Fsp3) is 0.381. The van der Waals surface area contributed by atoms with Crippen molar-refractivity contribution in [1.82, 2.24) is 10.6 Å². The second-order valence-corrected chi connectivity index (χ2v) is 7.28. The zero-order chi connectivity index (χ0) is 18.4. The Bertz CT molecular complexity index is 705. The third-order valence-electron chi connectivity index (χ3n) is 4.91. The van der Waals surface area contributed by atoms with Gasteiger partial charge in [-0.15, -0.1) is 12.4 Å². The van der Waals surface area contributed by atoms with Crippen LogP contribution in [0.2, 0.25) is 5.02 Å². The second-order valence-electron chi connectivity index (χ2n) is 6.84. The molecule has 0 spiro atoms. The Morgan fingerprint density at radius 3 is 2.48 bits per heavy atom. The molecule has 0 radical (unpaired) electrons. The first-order valence-electron chi connectivity index (χ1n) is 9.13. The van der Waals surface area contributed by atoms with Gasteiger partial charge in [-0.25, -0.2) is 4.39 Å². The molecule has 1 aliphatic heterocycles. The summed E-state index contributed by atoms with van der Waals surface area (Å²) < 4.78 is 13.7. The Kier molecular flexibility index (Phi) is 8.55. The van der Waals surface area contributed by atoms with Gasteiger partial charge in [0.1, 0.15) is 5.82 Å². The number of carbonyl (C=O) groups excluding carboxylic acids is 1. The molecule has 1 unspecified atom stereocenters. The molecule has 6 heteroatoms. The number of hydrogen-bond acceptors (Lipinski definition) is 2. The maximum atomic E-state index is 13.7. The molecule has 0 saturated carbocycles. The van der Waals surface area contributed by atoms with Crippen LogP contribution in [0.3, 0.4) is 0 Å². The van der Waals surface area contributed by atoms with E-state index in [2.05, 4.69) is 10.6 Å². The average Bonchev–Trinajstić information content (AvgIpc) is 2.65. The molecule has 1 fully saturated rings. The molecule has 1 heterocycles. The van der Waals surface area contributed by atoms with Gasteiger partial charge in [0.2, 0.25) is 5.91 Å². The molecule has 3 rings (SSSR count). The van der Waals surface area contributed by atoms with Gasteiger partial charge >= 0.3 is 0 Å². The standard InChI is InChI=1S/C21H24ClFN2O.ClH/c22-18-5-1-3-16(13-18)21(17-4-2-6-19(23)14-17)25-20(26)8-7-15-9-11-24-12-10-15;/h1-6,13-15,21,24H,7-12H2,(H,25,26);1H. The van der Waals surface area contributed by atoms with Gasteiger partial charge in [0.15, 0.2) is 0 Å². The van der Waals surface area contributed by atoms with Crippen LogP contribution in [0.5, 0.6) is 0 Å². The van der Waals surface area contributed by atoms with E-state index in [1.807, 2.05) is 24.3 Å². The Balaban J connectivity index is 0.00000261. The topological polar surface area (TPSA) is 41.1 Å². The molecular weight excluding hydrogens is 386 g/mol. The summed E-state index contributed by atoms with van der Waals surface area (Å²) in [7, 11) is 0. The monoisotopic (exact) mass is 410 g/mol. The summed E-state index contributed by atoms with van der Waals surface area (Å²) in [5.74, 6) is 0.261. The van der Waals surface area contributed by atoms with Crippen molar-refractivity contribution >= 4 is 29.9 Å². The second kappa shape index (κ2) is 10.6. The van der Waals surface area contributed by atoms with E-state index in [9.17, 15) is 9.18 Å². The van der Waals surface area contributed by atoms with Crippen molar-refractivity contribution in [2.24, 2.45) is 5.92 Å². The fourth-order valence-corrected chi connectivity index (χ4v) is 3.67. The summed E-state index contributed by atoms with van der Waals surface area (Å²) in [6.45, 7) is 2.06. The van der Waals surface area contributed by atoms with Gasteiger partial charge in [0, 0.05) is 11.4 Å². The minimum atomic E-state index is -0.412. The lowest BCUT2D eigenvalue weighted by atomic mass is 9.92. The van der Waals surface area contributed by atoms with Gasteiger partial charge in [-0.05, 0) is 73.7 Å². The van der Waals surface area contributed by atoms with Crippen LogP contribution in [0.4, 0.5) is 4.39 Å². The highest BCUT2D eigenvalue weighted by Gasteiger charge is 2.19. The van der Waals surface area contributed by atoms with E-state index in [-0.39, 0.29) is 24.1 Å². The third-order valence-corrected chi connectivity index (χ3v) is 5.14. The minimum absolute atomic E-state index is 0. The van der Waals surface area contributed by atoms with E-state index in [1.165, 1.54) is 12.1 Å². The van der Waals surface area contributed by atoms with Crippen LogP contribution in [0.15, 0.2) is 48.5 Å². The SMILES string of the molecule is Cl.O=C(CCC1CCNCC1)NC(c1cccc(F)c1)c1cccc(Cl)c1. The van der Waals surface area contributed by atoms with Gasteiger partial charge in [0.05, 0.1) is 6.04 Å². The Morgan fingerprint density at radius 2 is 1.81 bits per heavy atom. The number of hydrogen-bond donors (Lipinski definition) is 2.